The third-order valence-corrected chi connectivity index (χ3v) is 9.61. The lowest BCUT2D eigenvalue weighted by molar-refractivity contribution is 0.103. The molecule has 0 aromatic heterocycles. The molecule has 0 N–H and O–H groups in total. The molecule has 4 aromatic rings. The first kappa shape index (κ1) is 52.0. The van der Waals surface area contributed by atoms with E-state index in [-0.39, 0.29) is 5.78 Å². The number of rotatable bonds is 19. The quantitative estimate of drug-likeness (QED) is 0.0696. The third kappa shape index (κ3) is 15.7. The van der Waals surface area contributed by atoms with E-state index in [9.17, 15) is 4.79 Å². The minimum atomic E-state index is -0.0568. The van der Waals surface area contributed by atoms with Crippen LogP contribution in [0.3, 0.4) is 0 Å². The Hall–Kier alpha value is -7.17. The number of aryl methyl sites for hydroxylation is 1. The summed E-state index contributed by atoms with van der Waals surface area (Å²) in [5, 5.41) is 0. The van der Waals surface area contributed by atoms with Gasteiger partial charge in [0.05, 0.1) is 12.7 Å². The number of nitrogens with zero attached hydrogens (tertiary/aromatic N) is 2. The van der Waals surface area contributed by atoms with E-state index in [1.54, 1.807) is 19.3 Å². The summed E-state index contributed by atoms with van der Waals surface area (Å²) in [4.78, 5) is 17.6. The molecule has 4 aromatic carbocycles. The molecule has 326 valence electrons. The van der Waals surface area contributed by atoms with Crippen LogP contribution >= 0.6 is 0 Å². The maximum Gasteiger partial charge on any atom is 0.196 e. The summed E-state index contributed by atoms with van der Waals surface area (Å²) >= 11 is 0. The lowest BCUT2D eigenvalue weighted by Crippen LogP contribution is -2.24. The van der Waals surface area contributed by atoms with Crippen molar-refractivity contribution in [1.29, 1.82) is 0 Å². The first-order valence-electron chi connectivity index (χ1n) is 21.5. The van der Waals surface area contributed by atoms with Crippen molar-refractivity contribution < 1.29 is 9.53 Å². The van der Waals surface area contributed by atoms with Crippen LogP contribution in [0.1, 0.15) is 70.0 Å². The molecule has 0 saturated heterocycles. The van der Waals surface area contributed by atoms with Crippen LogP contribution in [0.15, 0.2) is 243 Å². The summed E-state index contributed by atoms with van der Waals surface area (Å²) in [7, 11) is 1.60. The number of hydrogen-bond donors (Lipinski definition) is 0. The Morgan fingerprint density at radius 3 is 1.75 bits per heavy atom. The van der Waals surface area contributed by atoms with E-state index in [4.69, 9.17) is 4.74 Å². The number of para-hydroxylation sites is 1. The van der Waals surface area contributed by atoms with Gasteiger partial charge < -0.3 is 14.5 Å². The highest BCUT2D eigenvalue weighted by Crippen LogP contribution is 2.32. The van der Waals surface area contributed by atoms with Crippen molar-refractivity contribution in [2.75, 3.05) is 23.5 Å². The Kier molecular flexibility index (Phi) is 24.0. The number of ether oxygens (including phenoxy) is 1. The lowest BCUT2D eigenvalue weighted by atomic mass is 9.97. The van der Waals surface area contributed by atoms with Crippen molar-refractivity contribution in [3.8, 4) is 16.9 Å². The van der Waals surface area contributed by atoms with Crippen molar-refractivity contribution in [2.24, 2.45) is 0 Å². The predicted molar refractivity (Wildman–Crippen MR) is 278 cm³/mol. The van der Waals surface area contributed by atoms with E-state index < -0.39 is 0 Å². The number of allylic oxidation sites excluding steroid dienone is 15. The molecule has 0 spiro atoms. The van der Waals surface area contributed by atoms with E-state index in [1.807, 2.05) is 164 Å². The van der Waals surface area contributed by atoms with Gasteiger partial charge in [0, 0.05) is 40.6 Å². The van der Waals surface area contributed by atoms with Gasteiger partial charge in [-0.3, -0.25) is 4.79 Å². The number of hydrogen-bond acceptors (Lipinski definition) is 4. The van der Waals surface area contributed by atoms with Crippen LogP contribution in [0, 0.1) is 6.92 Å². The molecule has 0 aliphatic carbocycles. The van der Waals surface area contributed by atoms with Gasteiger partial charge in [-0.2, -0.15) is 0 Å². The molecule has 4 nitrogen and oxygen atoms in total. The molecule has 4 rings (SSSR count). The Morgan fingerprint density at radius 1 is 0.667 bits per heavy atom. The summed E-state index contributed by atoms with van der Waals surface area (Å²) in [5.41, 5.74) is 11.9. The first-order valence-corrected chi connectivity index (χ1v) is 21.5. The molecule has 63 heavy (non-hydrogen) atoms. The van der Waals surface area contributed by atoms with Gasteiger partial charge in [-0.1, -0.05) is 179 Å². The summed E-state index contributed by atoms with van der Waals surface area (Å²) in [5.74, 6) is 0.496. The highest BCUT2D eigenvalue weighted by molar-refractivity contribution is 6.11. The van der Waals surface area contributed by atoms with Crippen molar-refractivity contribution in [3.63, 3.8) is 0 Å². The highest BCUT2D eigenvalue weighted by Gasteiger charge is 2.17. The van der Waals surface area contributed by atoms with Gasteiger partial charge in [0.2, 0.25) is 0 Å². The number of carbonyl (C=O) groups is 1. The molecule has 0 bridgehead atoms. The fraction of sp³-hybridized carbons (Fsp3) is 0.169. The van der Waals surface area contributed by atoms with Crippen LogP contribution in [0.4, 0.5) is 11.4 Å². The monoisotopic (exact) mass is 837 g/mol. The summed E-state index contributed by atoms with van der Waals surface area (Å²) in [6.45, 7) is 32.4. The zero-order chi connectivity index (χ0) is 46.6. The second kappa shape index (κ2) is 29.1. The Balaban J connectivity index is 0.000000500. The number of methoxy groups -OCH3 is 1. The lowest BCUT2D eigenvalue weighted by Gasteiger charge is -2.28. The number of anilines is 2. The van der Waals surface area contributed by atoms with Crippen LogP contribution in [0.5, 0.6) is 5.75 Å². The van der Waals surface area contributed by atoms with E-state index in [2.05, 4.69) is 104 Å². The molecule has 0 amide bonds. The van der Waals surface area contributed by atoms with E-state index in [1.165, 1.54) is 0 Å². The first-order chi connectivity index (χ1) is 30.6. The molecular formula is C59H68N2O2. The highest BCUT2D eigenvalue weighted by atomic mass is 16.5. The molecular weight excluding hydrogens is 769 g/mol. The van der Waals surface area contributed by atoms with Gasteiger partial charge in [-0.25, -0.2) is 0 Å². The Morgan fingerprint density at radius 2 is 1.25 bits per heavy atom. The van der Waals surface area contributed by atoms with Gasteiger partial charge in [-0.05, 0) is 118 Å². The molecule has 0 aliphatic heterocycles. The Bertz CT molecular complexity index is 2310. The van der Waals surface area contributed by atoms with E-state index in [0.717, 1.165) is 56.3 Å². The van der Waals surface area contributed by atoms with Gasteiger partial charge in [0.1, 0.15) is 5.75 Å². The largest absolute Gasteiger partial charge is 0.496 e. The number of ketones is 1. The van der Waals surface area contributed by atoms with Crippen LogP contribution < -0.4 is 14.5 Å². The van der Waals surface area contributed by atoms with E-state index in [0.29, 0.717) is 23.4 Å². The fourth-order valence-corrected chi connectivity index (χ4v) is 6.43. The second-order valence-electron chi connectivity index (χ2n) is 13.8. The van der Waals surface area contributed by atoms with E-state index >= 15 is 0 Å². The molecule has 0 unspecified atom stereocenters. The van der Waals surface area contributed by atoms with Crippen LogP contribution in [0.2, 0.25) is 0 Å². The zero-order valence-electron chi connectivity index (χ0n) is 39.1. The van der Waals surface area contributed by atoms with Crippen LogP contribution in [-0.4, -0.2) is 19.4 Å². The van der Waals surface area contributed by atoms with Crippen molar-refractivity contribution in [1.82, 2.24) is 0 Å². The van der Waals surface area contributed by atoms with Gasteiger partial charge in [0.15, 0.2) is 5.78 Å². The minimum Gasteiger partial charge on any atom is -0.496 e. The zero-order valence-corrected chi connectivity index (χ0v) is 39.1. The number of benzene rings is 4. The van der Waals surface area contributed by atoms with Gasteiger partial charge in [0.25, 0.3) is 0 Å². The van der Waals surface area contributed by atoms with Gasteiger partial charge in [-0.15, -0.1) is 0 Å². The topological polar surface area (TPSA) is 32.8 Å². The molecule has 0 aliphatic rings. The third-order valence-electron chi connectivity index (χ3n) is 9.61. The maximum atomic E-state index is 13.2. The fourth-order valence-electron chi connectivity index (χ4n) is 6.43. The SMILES string of the molecule is C=C/C(=C\C=C/C)CN(/C(C=C)=C(C)/C=C\C)c1ccc(-c2ccc(C(=O)c3ccc(C)cc3)c(OC)c2)cc1.C=C/C=C\C(=C/C)N(C(/C=C\C=C)=C/C)c1ccccc1.CC. The summed E-state index contributed by atoms with van der Waals surface area (Å²) in [6.07, 6.45) is 29.7. The minimum absolute atomic E-state index is 0.0568. The van der Waals surface area contributed by atoms with Crippen molar-refractivity contribution in [3.05, 3.63) is 259 Å². The predicted octanol–water partition coefficient (Wildman–Crippen LogP) is 16.2. The molecule has 0 saturated carbocycles. The molecule has 0 atom stereocenters. The average molecular weight is 837 g/mol. The smallest absolute Gasteiger partial charge is 0.196 e. The second-order valence-corrected chi connectivity index (χ2v) is 13.8. The van der Waals surface area contributed by atoms with Crippen LogP contribution in [0.25, 0.3) is 11.1 Å². The molecule has 0 radical (unpaired) electrons. The molecule has 0 heterocycles. The molecule has 4 heteroatoms. The van der Waals surface area contributed by atoms with Gasteiger partial charge >= 0.3 is 0 Å². The summed E-state index contributed by atoms with van der Waals surface area (Å²) in [6, 6.07) is 32.0. The van der Waals surface area contributed by atoms with Crippen molar-refractivity contribution >= 4 is 17.2 Å². The Labute approximate surface area is 380 Å². The molecule has 0 fully saturated rings. The average Bonchev–Trinajstić information content (AvgIpc) is 3.33. The standard InChI is InChI=1S/C37H39NO2.C20H23N.C2H6/c1-8-12-14-29(10-3)26-38(35(11-4)28(6)13-9-2)33-22-19-30(20-23-33)32-21-24-34(36(25-32)40-7)37(39)31-17-15-27(5)16-18-31;1-5-9-14-18(7-3)21(19(8-4)15-10-6-2)20-16-12-11-13-17-20;1-2/h8-25H,3-4,26H2,1-2,5-7H3;5-17H,1-2H2,3-4H3;1-2H3/b12-8-,13-9-,29-14+,35-28+;14-9-,15-10-,18-7+,19-8+;. The van der Waals surface area contributed by atoms with Crippen molar-refractivity contribution in [2.45, 2.75) is 55.4 Å². The normalized spacial score (nSPS) is 12.2. The summed E-state index contributed by atoms with van der Waals surface area (Å²) < 4.78 is 5.65. The van der Waals surface area contributed by atoms with Crippen LogP contribution in [-0.2, 0) is 0 Å². The number of carbonyl (C=O) groups excluding carboxylic acids is 1. The maximum absolute atomic E-state index is 13.2.